The average molecular weight is 534 g/mol. The summed E-state index contributed by atoms with van der Waals surface area (Å²) in [4.78, 5) is 2.26. The summed E-state index contributed by atoms with van der Waals surface area (Å²) in [5, 5.41) is -0.167. The largest absolute Gasteiger partial charge is 0.249 e. The van der Waals surface area contributed by atoms with Gasteiger partial charge in [-0.1, -0.05) is 83.9 Å². The molecule has 0 saturated heterocycles. The smallest absolute Gasteiger partial charge is 0.125 e. The molecule has 4 rings (SSSR count). The van der Waals surface area contributed by atoms with E-state index in [1.807, 2.05) is 111 Å². The SMILES string of the molecule is CS[C@H](c1ccccc1[S@@](=O)c1ccc(C)cc1)[C@@](C)(N[S@](=O)c1ccc(C)cc1)c1ccccc1. The van der Waals surface area contributed by atoms with E-state index in [4.69, 9.17) is 0 Å². The molecule has 0 radical (unpaired) electrons. The van der Waals surface area contributed by atoms with Crippen LogP contribution in [0, 0.1) is 13.8 Å². The van der Waals surface area contributed by atoms with E-state index in [1.54, 1.807) is 11.8 Å². The third kappa shape index (κ3) is 5.73. The molecule has 0 heterocycles. The molecule has 0 fully saturated rings. The van der Waals surface area contributed by atoms with E-state index in [-0.39, 0.29) is 5.25 Å². The first kappa shape index (κ1) is 26.6. The van der Waals surface area contributed by atoms with Gasteiger partial charge in [0.2, 0.25) is 0 Å². The molecule has 3 nitrogen and oxygen atoms in total. The lowest BCUT2D eigenvalue weighted by Crippen LogP contribution is -2.45. The molecular formula is C30H31NO2S3. The zero-order valence-electron chi connectivity index (χ0n) is 20.9. The second-order valence-corrected chi connectivity index (χ2v) is 12.6. The standard InChI is InChI=1S/C30H31NO2S3/c1-22-14-18-25(19-15-22)35(32)28-13-9-8-12-27(28)29(34-4)30(3,24-10-6-5-7-11-24)31-36(33)26-20-16-23(2)17-21-26/h5-21,29,31H,1-4H3/t29-,30+,35+,36-/m1/s1. The van der Waals surface area contributed by atoms with Crippen LogP contribution in [0.4, 0.5) is 0 Å². The molecule has 0 spiro atoms. The van der Waals surface area contributed by atoms with Crippen LogP contribution in [0.1, 0.15) is 34.4 Å². The summed E-state index contributed by atoms with van der Waals surface area (Å²) in [6.45, 7) is 6.12. The highest BCUT2D eigenvalue weighted by Crippen LogP contribution is 2.46. The predicted octanol–water partition coefficient (Wildman–Crippen LogP) is 7.10. The Morgan fingerprint density at radius 2 is 1.25 bits per heavy atom. The van der Waals surface area contributed by atoms with E-state index in [1.165, 1.54) is 0 Å². The van der Waals surface area contributed by atoms with E-state index in [2.05, 4.69) is 23.8 Å². The molecule has 0 aromatic heterocycles. The number of thioether (sulfide) groups is 1. The van der Waals surface area contributed by atoms with Crippen LogP contribution < -0.4 is 4.72 Å². The van der Waals surface area contributed by atoms with Gasteiger partial charge in [0.05, 0.1) is 26.5 Å². The van der Waals surface area contributed by atoms with Crippen molar-refractivity contribution in [2.75, 3.05) is 6.26 Å². The second kappa shape index (κ2) is 11.7. The summed E-state index contributed by atoms with van der Waals surface area (Å²) in [5.74, 6) is 0. The van der Waals surface area contributed by atoms with E-state index in [0.29, 0.717) is 0 Å². The molecule has 6 heteroatoms. The van der Waals surface area contributed by atoms with Crippen LogP contribution in [-0.4, -0.2) is 14.7 Å². The molecule has 0 aliphatic carbocycles. The first-order valence-electron chi connectivity index (χ1n) is 11.8. The summed E-state index contributed by atoms with van der Waals surface area (Å²) >= 11 is 1.66. The lowest BCUT2D eigenvalue weighted by Gasteiger charge is -2.39. The van der Waals surface area contributed by atoms with Gasteiger partial charge in [0, 0.05) is 9.79 Å². The van der Waals surface area contributed by atoms with Crippen molar-refractivity contribution in [3.8, 4) is 0 Å². The third-order valence-electron chi connectivity index (χ3n) is 6.31. The predicted molar refractivity (Wildman–Crippen MR) is 153 cm³/mol. The summed E-state index contributed by atoms with van der Waals surface area (Å²) < 4.78 is 30.8. The Bertz CT molecular complexity index is 1360. The minimum Gasteiger partial charge on any atom is -0.249 e. The van der Waals surface area contributed by atoms with Crippen molar-refractivity contribution >= 4 is 33.5 Å². The van der Waals surface area contributed by atoms with E-state index >= 15 is 0 Å². The van der Waals surface area contributed by atoms with Gasteiger partial charge in [0.15, 0.2) is 0 Å². The van der Waals surface area contributed by atoms with Gasteiger partial charge in [-0.3, -0.25) is 0 Å². The molecule has 36 heavy (non-hydrogen) atoms. The molecular weight excluding hydrogens is 503 g/mol. The molecule has 1 N–H and O–H groups in total. The molecule has 0 saturated carbocycles. The number of hydrogen-bond acceptors (Lipinski definition) is 3. The number of hydrogen-bond donors (Lipinski definition) is 1. The fourth-order valence-corrected chi connectivity index (χ4v) is 7.93. The highest BCUT2D eigenvalue weighted by Gasteiger charge is 2.40. The van der Waals surface area contributed by atoms with Gasteiger partial charge in [-0.25, -0.2) is 13.1 Å². The number of benzene rings is 4. The third-order valence-corrected chi connectivity index (χ3v) is 10.3. The van der Waals surface area contributed by atoms with Crippen molar-refractivity contribution in [3.63, 3.8) is 0 Å². The van der Waals surface area contributed by atoms with Crippen LogP contribution in [0.3, 0.4) is 0 Å². The minimum absolute atomic E-state index is 0.167. The Kier molecular flexibility index (Phi) is 8.62. The molecule has 4 aromatic rings. The summed E-state index contributed by atoms with van der Waals surface area (Å²) in [7, 11) is -2.80. The zero-order valence-corrected chi connectivity index (χ0v) is 23.4. The number of rotatable bonds is 9. The normalized spacial score (nSPS) is 15.6. The summed E-state index contributed by atoms with van der Waals surface area (Å²) in [5.41, 5.74) is 3.51. The lowest BCUT2D eigenvalue weighted by molar-refractivity contribution is 0.431. The van der Waals surface area contributed by atoms with Crippen molar-refractivity contribution in [2.24, 2.45) is 0 Å². The Labute approximate surface area is 223 Å². The van der Waals surface area contributed by atoms with Crippen LogP contribution in [0.15, 0.2) is 118 Å². The fourth-order valence-electron chi connectivity index (χ4n) is 4.29. The number of aryl methyl sites for hydroxylation is 2. The average Bonchev–Trinajstić information content (AvgIpc) is 2.90. The number of nitrogens with one attached hydrogen (secondary N) is 1. The maximum atomic E-state index is 13.8. The molecule has 4 atom stereocenters. The highest BCUT2D eigenvalue weighted by molar-refractivity contribution is 7.99. The highest BCUT2D eigenvalue weighted by atomic mass is 32.2. The van der Waals surface area contributed by atoms with E-state index in [0.717, 1.165) is 36.9 Å². The van der Waals surface area contributed by atoms with E-state index in [9.17, 15) is 8.42 Å². The molecule has 186 valence electrons. The Morgan fingerprint density at radius 1 is 0.722 bits per heavy atom. The van der Waals surface area contributed by atoms with Crippen LogP contribution in [0.2, 0.25) is 0 Å². The van der Waals surface area contributed by atoms with Crippen LogP contribution in [0.5, 0.6) is 0 Å². The van der Waals surface area contributed by atoms with Crippen LogP contribution in [0.25, 0.3) is 0 Å². The molecule has 0 bridgehead atoms. The van der Waals surface area contributed by atoms with Gasteiger partial charge in [-0.2, -0.15) is 11.8 Å². The molecule has 0 unspecified atom stereocenters. The van der Waals surface area contributed by atoms with Gasteiger partial charge in [0.25, 0.3) is 0 Å². The van der Waals surface area contributed by atoms with Crippen LogP contribution in [-0.2, 0) is 27.3 Å². The van der Waals surface area contributed by atoms with Crippen LogP contribution >= 0.6 is 11.8 Å². The van der Waals surface area contributed by atoms with Crippen molar-refractivity contribution in [2.45, 2.75) is 46.2 Å². The molecule has 0 amide bonds. The molecule has 0 aliphatic rings. The van der Waals surface area contributed by atoms with Gasteiger partial charge in [0.1, 0.15) is 11.0 Å². The quantitative estimate of drug-likeness (QED) is 0.250. The van der Waals surface area contributed by atoms with Crippen molar-refractivity contribution in [3.05, 3.63) is 125 Å². The van der Waals surface area contributed by atoms with Gasteiger partial charge >= 0.3 is 0 Å². The first-order valence-corrected chi connectivity index (χ1v) is 15.3. The minimum atomic E-state index is -1.45. The zero-order chi connectivity index (χ0) is 25.7. The summed E-state index contributed by atoms with van der Waals surface area (Å²) in [6, 6.07) is 33.6. The topological polar surface area (TPSA) is 46.2 Å². The second-order valence-electron chi connectivity index (χ2n) is 8.99. The Balaban J connectivity index is 1.80. The monoisotopic (exact) mass is 533 g/mol. The van der Waals surface area contributed by atoms with Crippen molar-refractivity contribution in [1.82, 2.24) is 4.72 Å². The fraction of sp³-hybridized carbons (Fsp3) is 0.200. The maximum Gasteiger partial charge on any atom is 0.125 e. The van der Waals surface area contributed by atoms with Gasteiger partial charge in [-0.15, -0.1) is 0 Å². The van der Waals surface area contributed by atoms with Gasteiger partial charge in [-0.05, 0) is 68.5 Å². The van der Waals surface area contributed by atoms with E-state index < -0.39 is 27.3 Å². The lowest BCUT2D eigenvalue weighted by atomic mass is 9.86. The molecule has 4 aromatic carbocycles. The van der Waals surface area contributed by atoms with Crippen molar-refractivity contribution < 1.29 is 8.42 Å². The van der Waals surface area contributed by atoms with Gasteiger partial charge < -0.3 is 0 Å². The first-order chi connectivity index (χ1) is 17.3. The molecule has 0 aliphatic heterocycles. The summed E-state index contributed by atoms with van der Waals surface area (Å²) in [6.07, 6.45) is 2.05. The Morgan fingerprint density at radius 3 is 1.83 bits per heavy atom. The Hall–Kier alpha value is -2.51. The van der Waals surface area contributed by atoms with Crippen molar-refractivity contribution in [1.29, 1.82) is 0 Å². The maximum absolute atomic E-state index is 13.8.